The second-order valence-electron chi connectivity index (χ2n) is 7.64. The SMILES string of the molecule is CC(Sc1nc2ccccc2c(=O)n1C1CC1)C(=O)N(C)CCOc1ccc(Cl)cc1. The fourth-order valence-corrected chi connectivity index (χ4v) is 4.54. The van der Waals surface area contributed by atoms with Crippen molar-refractivity contribution in [2.45, 2.75) is 36.2 Å². The second kappa shape index (κ2) is 9.32. The minimum absolute atomic E-state index is 0.0278. The summed E-state index contributed by atoms with van der Waals surface area (Å²) in [6, 6.07) is 14.7. The number of benzene rings is 2. The van der Waals surface area contributed by atoms with Crippen LogP contribution in [-0.4, -0.2) is 45.8 Å². The number of ether oxygens (including phenoxy) is 1. The Kier molecular flexibility index (Phi) is 6.53. The molecule has 162 valence electrons. The van der Waals surface area contributed by atoms with Crippen LogP contribution < -0.4 is 10.3 Å². The molecule has 1 aliphatic rings. The summed E-state index contributed by atoms with van der Waals surface area (Å²) < 4.78 is 7.45. The zero-order chi connectivity index (χ0) is 22.0. The van der Waals surface area contributed by atoms with Crippen molar-refractivity contribution in [2.75, 3.05) is 20.2 Å². The van der Waals surface area contributed by atoms with E-state index in [1.165, 1.54) is 11.8 Å². The molecule has 1 unspecified atom stereocenters. The monoisotopic (exact) mass is 457 g/mol. The summed E-state index contributed by atoms with van der Waals surface area (Å²) in [5.74, 6) is 0.677. The first-order chi connectivity index (χ1) is 14.9. The maximum Gasteiger partial charge on any atom is 0.262 e. The minimum Gasteiger partial charge on any atom is -0.492 e. The van der Waals surface area contributed by atoms with Crippen molar-refractivity contribution in [2.24, 2.45) is 0 Å². The van der Waals surface area contributed by atoms with Gasteiger partial charge >= 0.3 is 0 Å². The summed E-state index contributed by atoms with van der Waals surface area (Å²) >= 11 is 7.22. The van der Waals surface area contributed by atoms with Crippen LogP contribution in [-0.2, 0) is 4.79 Å². The molecule has 4 rings (SSSR count). The molecule has 0 N–H and O–H groups in total. The number of fused-ring (bicyclic) bond motifs is 1. The number of rotatable bonds is 8. The predicted octanol–water partition coefficient (Wildman–Crippen LogP) is 4.40. The Labute approximate surface area is 190 Å². The second-order valence-corrected chi connectivity index (χ2v) is 9.38. The molecule has 1 aromatic heterocycles. The molecule has 0 spiro atoms. The van der Waals surface area contributed by atoms with Gasteiger partial charge in [0, 0.05) is 18.1 Å². The first kappa shape index (κ1) is 21.7. The number of hydrogen-bond acceptors (Lipinski definition) is 5. The Morgan fingerprint density at radius 2 is 1.97 bits per heavy atom. The Balaban J connectivity index is 1.42. The highest BCUT2D eigenvalue weighted by Gasteiger charge is 2.30. The molecule has 1 fully saturated rings. The van der Waals surface area contributed by atoms with Crippen molar-refractivity contribution in [3.05, 3.63) is 63.9 Å². The number of likely N-dealkylation sites (N-methyl/N-ethyl adjacent to an activating group) is 1. The van der Waals surface area contributed by atoms with Crippen LogP contribution >= 0.6 is 23.4 Å². The van der Waals surface area contributed by atoms with Crippen molar-refractivity contribution < 1.29 is 9.53 Å². The molecule has 1 saturated carbocycles. The summed E-state index contributed by atoms with van der Waals surface area (Å²) in [5.41, 5.74) is 0.635. The van der Waals surface area contributed by atoms with E-state index in [1.54, 1.807) is 46.8 Å². The number of carbonyl (C=O) groups is 1. The Morgan fingerprint density at radius 3 is 2.68 bits per heavy atom. The number of thioether (sulfide) groups is 1. The standard InChI is InChI=1S/C23H24ClN3O3S/c1-15(21(28)26(2)13-14-30-18-11-7-16(24)8-12-18)31-23-25-20-6-4-3-5-19(20)22(29)27(23)17-9-10-17/h3-8,11-12,15,17H,9-10,13-14H2,1-2H3. The van der Waals surface area contributed by atoms with Crippen LogP contribution in [0.15, 0.2) is 58.5 Å². The van der Waals surface area contributed by atoms with Crippen LogP contribution in [0.3, 0.4) is 0 Å². The molecule has 1 aliphatic carbocycles. The molecule has 8 heteroatoms. The van der Waals surface area contributed by atoms with Crippen molar-refractivity contribution in [1.82, 2.24) is 14.5 Å². The van der Waals surface area contributed by atoms with Gasteiger partial charge in [-0.3, -0.25) is 14.2 Å². The van der Waals surface area contributed by atoms with Crippen molar-refractivity contribution in [1.29, 1.82) is 0 Å². The van der Waals surface area contributed by atoms with Gasteiger partial charge in [0.1, 0.15) is 12.4 Å². The fourth-order valence-electron chi connectivity index (χ4n) is 3.32. The molecular weight excluding hydrogens is 434 g/mol. The van der Waals surface area contributed by atoms with E-state index in [1.807, 2.05) is 25.1 Å². The molecule has 6 nitrogen and oxygen atoms in total. The van der Waals surface area contributed by atoms with E-state index in [0.29, 0.717) is 40.0 Å². The fraction of sp³-hybridized carbons (Fsp3) is 0.348. The van der Waals surface area contributed by atoms with Gasteiger partial charge in [0.05, 0.1) is 22.7 Å². The normalized spacial score (nSPS) is 14.4. The summed E-state index contributed by atoms with van der Waals surface area (Å²) in [7, 11) is 1.76. The Hall–Kier alpha value is -2.51. The number of hydrogen-bond donors (Lipinski definition) is 0. The van der Waals surface area contributed by atoms with Crippen LogP contribution in [0.2, 0.25) is 5.02 Å². The van der Waals surface area contributed by atoms with E-state index in [2.05, 4.69) is 0 Å². The van der Waals surface area contributed by atoms with Crippen LogP contribution in [0.5, 0.6) is 5.75 Å². The average Bonchev–Trinajstić information content (AvgIpc) is 3.59. The van der Waals surface area contributed by atoms with Gasteiger partial charge in [-0.2, -0.15) is 0 Å². The van der Waals surface area contributed by atoms with Crippen LogP contribution in [0.1, 0.15) is 25.8 Å². The third kappa shape index (κ3) is 5.05. The van der Waals surface area contributed by atoms with Crippen LogP contribution in [0.25, 0.3) is 10.9 Å². The van der Waals surface area contributed by atoms with E-state index < -0.39 is 0 Å². The maximum absolute atomic E-state index is 13.0. The van der Waals surface area contributed by atoms with Crippen molar-refractivity contribution >= 4 is 40.2 Å². The summed E-state index contributed by atoms with van der Waals surface area (Å²) in [6.45, 7) is 2.68. The summed E-state index contributed by atoms with van der Waals surface area (Å²) in [6.07, 6.45) is 1.94. The Bertz CT molecular complexity index is 1150. The van der Waals surface area contributed by atoms with E-state index in [0.717, 1.165) is 12.8 Å². The lowest BCUT2D eigenvalue weighted by atomic mass is 10.2. The molecule has 0 aliphatic heterocycles. The summed E-state index contributed by atoms with van der Waals surface area (Å²) in [5, 5.41) is 1.50. The van der Waals surface area contributed by atoms with Gasteiger partial charge in [-0.1, -0.05) is 35.5 Å². The third-order valence-electron chi connectivity index (χ3n) is 5.20. The molecule has 1 amide bonds. The first-order valence-corrected chi connectivity index (χ1v) is 11.5. The van der Waals surface area contributed by atoms with Gasteiger partial charge in [0.25, 0.3) is 5.56 Å². The quantitative estimate of drug-likeness (QED) is 0.370. The smallest absolute Gasteiger partial charge is 0.262 e. The molecule has 1 atom stereocenters. The minimum atomic E-state index is -0.376. The maximum atomic E-state index is 13.0. The number of aromatic nitrogens is 2. The average molecular weight is 458 g/mol. The zero-order valence-corrected chi connectivity index (χ0v) is 19.0. The van der Waals surface area contributed by atoms with E-state index in [4.69, 9.17) is 21.3 Å². The van der Waals surface area contributed by atoms with Gasteiger partial charge in [0.15, 0.2) is 5.16 Å². The first-order valence-electron chi connectivity index (χ1n) is 10.3. The highest BCUT2D eigenvalue weighted by molar-refractivity contribution is 8.00. The van der Waals surface area contributed by atoms with E-state index in [9.17, 15) is 9.59 Å². The Morgan fingerprint density at radius 1 is 1.26 bits per heavy atom. The topological polar surface area (TPSA) is 64.4 Å². The molecule has 3 aromatic rings. The van der Waals surface area contributed by atoms with Gasteiger partial charge in [-0.25, -0.2) is 4.98 Å². The molecule has 2 aromatic carbocycles. The largest absolute Gasteiger partial charge is 0.492 e. The van der Waals surface area contributed by atoms with Gasteiger partial charge in [-0.15, -0.1) is 0 Å². The number of carbonyl (C=O) groups excluding carboxylic acids is 1. The van der Waals surface area contributed by atoms with Crippen molar-refractivity contribution in [3.8, 4) is 5.75 Å². The predicted molar refractivity (Wildman–Crippen MR) is 124 cm³/mol. The van der Waals surface area contributed by atoms with Crippen LogP contribution in [0.4, 0.5) is 0 Å². The lowest BCUT2D eigenvalue weighted by Gasteiger charge is -2.22. The number of para-hydroxylation sites is 1. The highest BCUT2D eigenvalue weighted by atomic mass is 35.5. The number of amides is 1. The molecule has 1 heterocycles. The number of nitrogens with zero attached hydrogens (tertiary/aromatic N) is 3. The molecule has 0 bridgehead atoms. The van der Waals surface area contributed by atoms with Crippen LogP contribution in [0, 0.1) is 0 Å². The van der Waals surface area contributed by atoms with Gasteiger partial charge in [0.2, 0.25) is 5.91 Å². The van der Waals surface area contributed by atoms with Gasteiger partial charge < -0.3 is 9.64 Å². The lowest BCUT2D eigenvalue weighted by Crippen LogP contribution is -2.36. The van der Waals surface area contributed by atoms with E-state index >= 15 is 0 Å². The molecule has 0 saturated heterocycles. The van der Waals surface area contributed by atoms with E-state index in [-0.39, 0.29) is 22.8 Å². The summed E-state index contributed by atoms with van der Waals surface area (Å²) in [4.78, 5) is 32.3. The third-order valence-corrected chi connectivity index (χ3v) is 6.51. The zero-order valence-electron chi connectivity index (χ0n) is 17.5. The van der Waals surface area contributed by atoms with Crippen molar-refractivity contribution in [3.63, 3.8) is 0 Å². The number of halogens is 1. The van der Waals surface area contributed by atoms with Gasteiger partial charge in [-0.05, 0) is 56.2 Å². The molecular formula is C23H24ClN3O3S. The lowest BCUT2D eigenvalue weighted by molar-refractivity contribution is -0.129. The highest BCUT2D eigenvalue weighted by Crippen LogP contribution is 2.37. The molecule has 0 radical (unpaired) electrons. The molecule has 31 heavy (non-hydrogen) atoms.